The van der Waals surface area contributed by atoms with Gasteiger partial charge in [0.15, 0.2) is 0 Å². The average molecular weight is 445 g/mol. The number of rotatable bonds is 6. The molecule has 4 aliphatic rings. The van der Waals surface area contributed by atoms with Gasteiger partial charge in [-0.3, -0.25) is 0 Å². The van der Waals surface area contributed by atoms with Crippen molar-refractivity contribution in [2.45, 2.75) is 126 Å². The molecular weight excluding hydrogens is 388 g/mol. The van der Waals surface area contributed by atoms with Gasteiger partial charge in [0.1, 0.15) is 0 Å². The van der Waals surface area contributed by atoms with Gasteiger partial charge in [-0.1, -0.05) is 61.8 Å². The molecular formula is C31H56O. The fourth-order valence-corrected chi connectivity index (χ4v) is 11.1. The summed E-state index contributed by atoms with van der Waals surface area (Å²) in [5.41, 5.74) is 1.08. The van der Waals surface area contributed by atoms with Gasteiger partial charge < -0.3 is 5.11 Å². The van der Waals surface area contributed by atoms with Gasteiger partial charge in [-0.2, -0.15) is 0 Å². The highest BCUT2D eigenvalue weighted by Crippen LogP contribution is 2.69. The Labute approximate surface area is 200 Å². The lowest BCUT2D eigenvalue weighted by atomic mass is 9.43. The molecule has 32 heavy (non-hydrogen) atoms. The molecule has 12 atom stereocenters. The van der Waals surface area contributed by atoms with Crippen LogP contribution in [0.1, 0.15) is 120 Å². The van der Waals surface area contributed by atoms with E-state index in [1.165, 1.54) is 57.8 Å². The number of fused-ring (bicyclic) bond motifs is 5. The van der Waals surface area contributed by atoms with Crippen molar-refractivity contribution in [1.82, 2.24) is 0 Å². The Bertz CT molecular complexity index is 640. The predicted octanol–water partition coefficient (Wildman–Crippen LogP) is 8.60. The molecule has 4 rings (SSSR count). The lowest BCUT2D eigenvalue weighted by Gasteiger charge is -2.62. The van der Waals surface area contributed by atoms with E-state index in [1.54, 1.807) is 0 Å². The molecule has 4 aliphatic carbocycles. The summed E-state index contributed by atoms with van der Waals surface area (Å²) in [7, 11) is 0. The Balaban J connectivity index is 1.48. The maximum absolute atomic E-state index is 10.6. The molecule has 1 nitrogen and oxygen atoms in total. The van der Waals surface area contributed by atoms with Crippen LogP contribution in [0.3, 0.4) is 0 Å². The zero-order valence-electron chi connectivity index (χ0n) is 22.9. The van der Waals surface area contributed by atoms with Crippen LogP contribution in [0.4, 0.5) is 0 Å². The number of aliphatic hydroxyl groups is 1. The molecule has 0 radical (unpaired) electrons. The van der Waals surface area contributed by atoms with E-state index >= 15 is 0 Å². The molecule has 0 aromatic carbocycles. The minimum atomic E-state index is -0.0463. The molecule has 186 valence electrons. The second kappa shape index (κ2) is 9.20. The van der Waals surface area contributed by atoms with Crippen molar-refractivity contribution in [2.75, 3.05) is 0 Å². The van der Waals surface area contributed by atoms with Crippen LogP contribution >= 0.6 is 0 Å². The molecule has 0 saturated heterocycles. The molecule has 0 aromatic rings. The topological polar surface area (TPSA) is 20.2 Å². The molecule has 1 heteroatoms. The smallest absolute Gasteiger partial charge is 0.0568 e. The Morgan fingerprint density at radius 2 is 1.44 bits per heavy atom. The first kappa shape index (κ1) is 25.1. The highest BCUT2D eigenvalue weighted by Gasteiger charge is 2.61. The third-order valence-corrected chi connectivity index (χ3v) is 12.7. The Hall–Kier alpha value is -0.0400. The summed E-state index contributed by atoms with van der Waals surface area (Å²) in [6, 6.07) is 0. The molecule has 5 unspecified atom stereocenters. The van der Waals surface area contributed by atoms with Crippen molar-refractivity contribution in [3.63, 3.8) is 0 Å². The molecule has 0 spiro atoms. The third-order valence-electron chi connectivity index (χ3n) is 12.7. The summed E-state index contributed by atoms with van der Waals surface area (Å²) in [5.74, 6) is 8.51. The Morgan fingerprint density at radius 3 is 2.09 bits per heavy atom. The Kier molecular flexibility index (Phi) is 7.21. The van der Waals surface area contributed by atoms with E-state index in [-0.39, 0.29) is 6.10 Å². The predicted molar refractivity (Wildman–Crippen MR) is 137 cm³/mol. The first-order chi connectivity index (χ1) is 15.0. The van der Waals surface area contributed by atoms with Crippen LogP contribution in [0.25, 0.3) is 0 Å². The molecule has 4 fully saturated rings. The third kappa shape index (κ3) is 3.93. The molecule has 1 N–H and O–H groups in total. The van der Waals surface area contributed by atoms with Gasteiger partial charge in [0.25, 0.3) is 0 Å². The monoisotopic (exact) mass is 444 g/mol. The van der Waals surface area contributed by atoms with Crippen molar-refractivity contribution in [3.05, 3.63) is 0 Å². The summed E-state index contributed by atoms with van der Waals surface area (Å²) in [5, 5.41) is 10.6. The van der Waals surface area contributed by atoms with E-state index < -0.39 is 0 Å². The molecule has 0 aromatic heterocycles. The van der Waals surface area contributed by atoms with Crippen LogP contribution in [-0.4, -0.2) is 11.2 Å². The van der Waals surface area contributed by atoms with E-state index in [1.807, 2.05) is 0 Å². The molecule has 0 aliphatic heterocycles. The largest absolute Gasteiger partial charge is 0.393 e. The first-order valence-electron chi connectivity index (χ1n) is 14.7. The maximum atomic E-state index is 10.6. The summed E-state index contributed by atoms with van der Waals surface area (Å²) >= 11 is 0. The molecule has 0 heterocycles. The zero-order valence-corrected chi connectivity index (χ0v) is 22.9. The van der Waals surface area contributed by atoms with Crippen molar-refractivity contribution in [3.8, 4) is 0 Å². The van der Waals surface area contributed by atoms with Gasteiger partial charge in [-0.05, 0) is 128 Å². The van der Waals surface area contributed by atoms with Crippen LogP contribution in [0, 0.1) is 70.0 Å². The lowest BCUT2D eigenvalue weighted by Crippen LogP contribution is -2.56. The second-order valence-electron chi connectivity index (χ2n) is 14.3. The van der Waals surface area contributed by atoms with E-state index in [0.717, 1.165) is 59.7 Å². The van der Waals surface area contributed by atoms with Crippen LogP contribution in [0.15, 0.2) is 0 Å². The van der Waals surface area contributed by atoms with E-state index in [4.69, 9.17) is 0 Å². The molecule has 0 bridgehead atoms. The van der Waals surface area contributed by atoms with E-state index in [0.29, 0.717) is 16.7 Å². The van der Waals surface area contributed by atoms with Gasteiger partial charge in [-0.25, -0.2) is 0 Å². The summed E-state index contributed by atoms with van der Waals surface area (Å²) in [6.07, 6.45) is 13.8. The first-order valence-corrected chi connectivity index (χ1v) is 14.7. The van der Waals surface area contributed by atoms with E-state index in [2.05, 4.69) is 55.4 Å². The average Bonchev–Trinajstić information content (AvgIpc) is 3.08. The van der Waals surface area contributed by atoms with Gasteiger partial charge in [-0.15, -0.1) is 0 Å². The maximum Gasteiger partial charge on any atom is 0.0568 e. The summed E-state index contributed by atoms with van der Waals surface area (Å²) < 4.78 is 0. The number of aliphatic hydroxyl groups excluding tert-OH is 1. The minimum Gasteiger partial charge on any atom is -0.393 e. The van der Waals surface area contributed by atoms with Crippen molar-refractivity contribution < 1.29 is 5.11 Å². The lowest BCUT2D eigenvalue weighted by molar-refractivity contribution is -0.149. The number of hydrogen-bond donors (Lipinski definition) is 1. The van der Waals surface area contributed by atoms with Crippen LogP contribution in [-0.2, 0) is 0 Å². The van der Waals surface area contributed by atoms with Gasteiger partial charge in [0, 0.05) is 0 Å². The van der Waals surface area contributed by atoms with Crippen molar-refractivity contribution in [1.29, 1.82) is 0 Å². The van der Waals surface area contributed by atoms with Crippen molar-refractivity contribution >= 4 is 0 Å². The van der Waals surface area contributed by atoms with Gasteiger partial charge in [0.05, 0.1) is 6.10 Å². The van der Waals surface area contributed by atoms with Crippen molar-refractivity contribution in [2.24, 2.45) is 70.0 Å². The fourth-order valence-electron chi connectivity index (χ4n) is 11.1. The zero-order chi connectivity index (χ0) is 23.4. The number of hydrogen-bond acceptors (Lipinski definition) is 1. The van der Waals surface area contributed by atoms with E-state index in [9.17, 15) is 5.11 Å². The summed E-state index contributed by atoms with van der Waals surface area (Å²) in [4.78, 5) is 0. The van der Waals surface area contributed by atoms with Crippen LogP contribution in [0.5, 0.6) is 0 Å². The minimum absolute atomic E-state index is 0.0463. The quantitative estimate of drug-likeness (QED) is 0.435. The standard InChI is InChI=1S/C31H56O/c1-9-23(19(2)3)20(4)18-21(5)25-12-13-27-24-10-11-26-22(6)29(32)15-17-31(26,8)28(24)14-16-30(25,27)7/h19-29,32H,9-18H2,1-8H3/t20?,21-,22+,23+,24?,25-,26?,27?,28?,29+,30-,31+/m1/s1. The molecule has 4 saturated carbocycles. The Morgan fingerprint density at radius 1 is 0.812 bits per heavy atom. The SMILES string of the molecule is CC[C@@H](C(C)C)C(C)C[C@@H](C)[C@H]1CCC2C3CCC4[C@H](C)[C@@H](O)CC[C@]4(C)C3CC[C@@]21C. The highest BCUT2D eigenvalue weighted by molar-refractivity contribution is 5.10. The van der Waals surface area contributed by atoms with Gasteiger partial charge >= 0.3 is 0 Å². The highest BCUT2D eigenvalue weighted by atomic mass is 16.3. The van der Waals surface area contributed by atoms with Gasteiger partial charge in [0.2, 0.25) is 0 Å². The normalized spacial score (nSPS) is 49.1. The van der Waals surface area contributed by atoms with Crippen LogP contribution < -0.4 is 0 Å². The summed E-state index contributed by atoms with van der Waals surface area (Å²) in [6.45, 7) is 20.2. The fraction of sp³-hybridized carbons (Fsp3) is 1.00. The van der Waals surface area contributed by atoms with Crippen LogP contribution in [0.2, 0.25) is 0 Å². The molecule has 0 amide bonds. The second-order valence-corrected chi connectivity index (χ2v) is 14.3.